The highest BCUT2D eigenvalue weighted by Gasteiger charge is 2.66. The minimum Gasteiger partial charge on any atom is -0.466 e. The Morgan fingerprint density at radius 3 is 2.36 bits per heavy atom. The smallest absolute Gasteiger partial charge is 0.434 e. The number of ether oxygens (including phenoxy) is 3. The monoisotopic (exact) mass is 399 g/mol. The normalized spacial score (nSPS) is 12.8. The molecule has 1 aromatic carbocycles. The molecule has 9 heteroatoms. The Morgan fingerprint density at radius 2 is 1.86 bits per heavy atom. The zero-order valence-electron chi connectivity index (χ0n) is 15.4. The van der Waals surface area contributed by atoms with Gasteiger partial charge >= 0.3 is 23.8 Å². The molecule has 0 saturated carbocycles. The van der Waals surface area contributed by atoms with E-state index < -0.39 is 36.9 Å². The molecule has 0 bridgehead atoms. The average Bonchev–Trinajstić information content (AvgIpc) is 2.67. The minimum absolute atomic E-state index is 0.136. The second-order valence-corrected chi connectivity index (χ2v) is 5.37. The van der Waals surface area contributed by atoms with Crippen LogP contribution in [-0.2, 0) is 25.6 Å². The Hall–Kier alpha value is -2.99. The molecule has 28 heavy (non-hydrogen) atoms. The van der Waals surface area contributed by atoms with Crippen molar-refractivity contribution in [3.8, 4) is 11.8 Å². The van der Waals surface area contributed by atoms with E-state index in [0.29, 0.717) is 5.56 Å². The number of halogens is 3. The summed E-state index contributed by atoms with van der Waals surface area (Å²) in [5, 5.41) is 0. The largest absolute Gasteiger partial charge is 0.466 e. The molecule has 0 fully saturated rings. The molecule has 0 aliphatic rings. The Labute approximate surface area is 160 Å². The van der Waals surface area contributed by atoms with Crippen LogP contribution in [0.25, 0.3) is 0 Å². The summed E-state index contributed by atoms with van der Waals surface area (Å²) in [6.45, 7) is 1.98. The van der Waals surface area contributed by atoms with E-state index in [4.69, 9.17) is 4.74 Å². The molecule has 1 aromatic rings. The van der Waals surface area contributed by atoms with Crippen LogP contribution < -0.4 is 0 Å². The third-order valence-electron chi connectivity index (χ3n) is 3.52. The van der Waals surface area contributed by atoms with Crippen LogP contribution in [0, 0.1) is 11.8 Å². The third-order valence-corrected chi connectivity index (χ3v) is 3.52. The maximum absolute atomic E-state index is 14.0. The van der Waals surface area contributed by atoms with Gasteiger partial charge in [0, 0.05) is 13.7 Å². The van der Waals surface area contributed by atoms with Crippen LogP contribution in [0.4, 0.5) is 18.0 Å². The van der Waals surface area contributed by atoms with Gasteiger partial charge in [-0.3, -0.25) is 4.90 Å². The molecule has 0 aromatic heterocycles. The molecule has 0 heterocycles. The second-order valence-electron chi connectivity index (χ2n) is 5.37. The molecule has 152 valence electrons. The fourth-order valence-electron chi connectivity index (χ4n) is 2.23. The number of hydrogen-bond donors (Lipinski definition) is 0. The number of carbonyl (C=O) groups is 2. The van der Waals surface area contributed by atoms with Gasteiger partial charge in [0.05, 0.1) is 7.11 Å². The van der Waals surface area contributed by atoms with Gasteiger partial charge in [-0.05, 0) is 5.56 Å². The van der Waals surface area contributed by atoms with Crippen LogP contribution >= 0.6 is 0 Å². The van der Waals surface area contributed by atoms with Crippen molar-refractivity contribution >= 4 is 12.1 Å². The molecule has 1 atom stereocenters. The first-order valence-corrected chi connectivity index (χ1v) is 7.98. The van der Waals surface area contributed by atoms with Crippen molar-refractivity contribution in [1.82, 2.24) is 4.90 Å². The lowest BCUT2D eigenvalue weighted by Crippen LogP contribution is -2.65. The van der Waals surface area contributed by atoms with Crippen molar-refractivity contribution < 1.29 is 37.0 Å². The van der Waals surface area contributed by atoms with Gasteiger partial charge in [0.2, 0.25) is 0 Å². The first-order chi connectivity index (χ1) is 13.2. The molecule has 6 nitrogen and oxygen atoms in total. The predicted octanol–water partition coefficient (Wildman–Crippen LogP) is 2.94. The van der Waals surface area contributed by atoms with Crippen LogP contribution in [0.1, 0.15) is 5.56 Å². The molecule has 1 rings (SSSR count). The number of esters is 1. The summed E-state index contributed by atoms with van der Waals surface area (Å²) >= 11 is 0. The second kappa shape index (κ2) is 10.4. The molecule has 0 aliphatic heterocycles. The highest BCUT2D eigenvalue weighted by Crippen LogP contribution is 2.37. The highest BCUT2D eigenvalue weighted by molar-refractivity contribution is 5.90. The predicted molar refractivity (Wildman–Crippen MR) is 94.0 cm³/mol. The zero-order chi connectivity index (χ0) is 21.2. The Morgan fingerprint density at radius 1 is 1.21 bits per heavy atom. The van der Waals surface area contributed by atoms with Crippen molar-refractivity contribution in [3.05, 3.63) is 48.6 Å². The summed E-state index contributed by atoms with van der Waals surface area (Å²) in [6.07, 6.45) is -5.67. The van der Waals surface area contributed by atoms with Crippen LogP contribution in [0.3, 0.4) is 0 Å². The number of hydrogen-bond acceptors (Lipinski definition) is 5. The van der Waals surface area contributed by atoms with E-state index in [0.717, 1.165) is 13.2 Å². The lowest BCUT2D eigenvalue weighted by Gasteiger charge is -2.37. The molecule has 1 amide bonds. The fourth-order valence-corrected chi connectivity index (χ4v) is 2.23. The Bertz CT molecular complexity index is 739. The van der Waals surface area contributed by atoms with Gasteiger partial charge < -0.3 is 14.2 Å². The quantitative estimate of drug-likeness (QED) is 0.401. The van der Waals surface area contributed by atoms with Gasteiger partial charge in [-0.1, -0.05) is 48.2 Å². The number of nitrogens with zero attached hydrogens (tertiary/aromatic N) is 1. The number of amides is 1. The molecular weight excluding hydrogens is 379 g/mol. The molecule has 0 radical (unpaired) electrons. The van der Waals surface area contributed by atoms with Gasteiger partial charge in [0.15, 0.2) is 0 Å². The fraction of sp³-hybridized carbons (Fsp3) is 0.368. The zero-order valence-corrected chi connectivity index (χ0v) is 15.4. The van der Waals surface area contributed by atoms with Crippen LogP contribution in [-0.4, -0.2) is 56.0 Å². The van der Waals surface area contributed by atoms with E-state index >= 15 is 0 Å². The summed E-state index contributed by atoms with van der Waals surface area (Å²) < 4.78 is 56.0. The average molecular weight is 399 g/mol. The number of rotatable bonds is 7. The summed E-state index contributed by atoms with van der Waals surface area (Å²) in [7, 11) is 1.99. The minimum atomic E-state index is -5.28. The number of alkyl halides is 3. The Balaban J connectivity index is 3.36. The van der Waals surface area contributed by atoms with Crippen molar-refractivity contribution in [1.29, 1.82) is 0 Å². The summed E-state index contributed by atoms with van der Waals surface area (Å²) in [5.41, 5.74) is -3.03. The van der Waals surface area contributed by atoms with Crippen LogP contribution in [0.15, 0.2) is 43.0 Å². The van der Waals surface area contributed by atoms with Gasteiger partial charge in [-0.2, -0.15) is 13.2 Å². The lowest BCUT2D eigenvalue weighted by molar-refractivity contribution is -0.217. The van der Waals surface area contributed by atoms with Gasteiger partial charge in [0.1, 0.15) is 13.2 Å². The van der Waals surface area contributed by atoms with E-state index in [2.05, 4.69) is 22.0 Å². The summed E-state index contributed by atoms with van der Waals surface area (Å²) in [6, 6.07) is 8.33. The van der Waals surface area contributed by atoms with Crippen molar-refractivity contribution in [3.63, 3.8) is 0 Å². The Kier molecular flexibility index (Phi) is 8.54. The number of benzene rings is 1. The van der Waals surface area contributed by atoms with Gasteiger partial charge in [-0.25, -0.2) is 9.59 Å². The molecule has 0 spiro atoms. The lowest BCUT2D eigenvalue weighted by atomic mass is 9.97. The first kappa shape index (κ1) is 23.0. The standard InChI is InChI=1S/C19H20F3NO5/c1-4-12-23(17(25)28-14-15-9-6-5-7-10-15)18(16(24)27-3,19(20,21)22)11-8-13-26-2/h4-7,9-10H,1,12-14H2,2-3H3. The van der Waals surface area contributed by atoms with E-state index in [1.165, 1.54) is 7.11 Å². The van der Waals surface area contributed by atoms with Crippen LogP contribution in [0.5, 0.6) is 0 Å². The van der Waals surface area contributed by atoms with Crippen LogP contribution in [0.2, 0.25) is 0 Å². The van der Waals surface area contributed by atoms with E-state index in [1.807, 2.05) is 0 Å². The topological polar surface area (TPSA) is 65.1 Å². The highest BCUT2D eigenvalue weighted by atomic mass is 19.4. The van der Waals surface area contributed by atoms with Crippen molar-refractivity contribution in [2.75, 3.05) is 27.4 Å². The van der Waals surface area contributed by atoms with Crippen molar-refractivity contribution in [2.45, 2.75) is 18.3 Å². The first-order valence-electron chi connectivity index (χ1n) is 7.98. The third kappa shape index (κ3) is 5.27. The van der Waals surface area contributed by atoms with Crippen molar-refractivity contribution in [2.24, 2.45) is 0 Å². The molecular formula is C19H20F3NO5. The number of methoxy groups -OCH3 is 2. The maximum atomic E-state index is 14.0. The van der Waals surface area contributed by atoms with Gasteiger partial charge in [0.25, 0.3) is 0 Å². The molecule has 1 unspecified atom stereocenters. The summed E-state index contributed by atoms with van der Waals surface area (Å²) in [4.78, 5) is 24.8. The van der Waals surface area contributed by atoms with E-state index in [1.54, 1.807) is 36.3 Å². The molecule has 0 N–H and O–H groups in total. The maximum Gasteiger partial charge on any atom is 0.434 e. The van der Waals surface area contributed by atoms with E-state index in [9.17, 15) is 22.8 Å². The molecule has 0 saturated heterocycles. The van der Waals surface area contributed by atoms with Gasteiger partial charge in [-0.15, -0.1) is 6.58 Å². The summed E-state index contributed by atoms with van der Waals surface area (Å²) in [5.74, 6) is 2.10. The van der Waals surface area contributed by atoms with E-state index in [-0.39, 0.29) is 11.5 Å². The SMILES string of the molecule is C=CCN(C(=O)OCc1ccccc1)C(C#CCOC)(C(=O)OC)C(F)(F)F. The number of carbonyl (C=O) groups excluding carboxylic acids is 2. The molecule has 0 aliphatic carbocycles.